The highest BCUT2D eigenvalue weighted by molar-refractivity contribution is 5.83. The zero-order valence-corrected chi connectivity index (χ0v) is 14.4. The van der Waals surface area contributed by atoms with E-state index in [1.54, 1.807) is 7.11 Å². The van der Waals surface area contributed by atoms with Crippen LogP contribution in [-0.4, -0.2) is 12.1 Å². The van der Waals surface area contributed by atoms with Gasteiger partial charge >= 0.3 is 0 Å². The Morgan fingerprint density at radius 3 is 2.42 bits per heavy atom. The van der Waals surface area contributed by atoms with E-state index in [0.717, 1.165) is 22.4 Å². The van der Waals surface area contributed by atoms with Crippen LogP contribution in [0.3, 0.4) is 0 Å². The molecule has 3 aromatic carbocycles. The molecule has 0 atom stereocenters. The summed E-state index contributed by atoms with van der Waals surface area (Å²) in [5.74, 6) is 7.18. The number of rotatable bonds is 2. The van der Waals surface area contributed by atoms with Gasteiger partial charge in [0.05, 0.1) is 12.8 Å². The minimum absolute atomic E-state index is 0.597. The first-order valence-electron chi connectivity index (χ1n) is 8.45. The number of ether oxygens (including phenoxy) is 1. The Labute approximate surface area is 153 Å². The third-order valence-corrected chi connectivity index (χ3v) is 4.23. The summed E-state index contributed by atoms with van der Waals surface area (Å²) in [7, 11) is 1.62. The predicted molar refractivity (Wildman–Crippen MR) is 106 cm³/mol. The second kappa shape index (κ2) is 7.13. The van der Waals surface area contributed by atoms with Gasteiger partial charge in [-0.05, 0) is 35.0 Å². The molecular formula is C24H17NO. The zero-order chi connectivity index (χ0) is 17.8. The molecule has 124 valence electrons. The molecule has 0 unspecified atom stereocenters. The lowest BCUT2D eigenvalue weighted by molar-refractivity contribution is 0.398. The molecule has 0 aliphatic carbocycles. The monoisotopic (exact) mass is 335 g/mol. The average Bonchev–Trinajstić information content (AvgIpc) is 2.72. The summed E-state index contributed by atoms with van der Waals surface area (Å²) in [5, 5.41) is 2.42. The highest BCUT2D eigenvalue weighted by atomic mass is 16.5. The fourth-order valence-electron chi connectivity index (χ4n) is 2.90. The second-order valence-electron chi connectivity index (χ2n) is 5.92. The molecule has 2 heteroatoms. The molecule has 0 radical (unpaired) electrons. The van der Waals surface area contributed by atoms with Crippen molar-refractivity contribution in [3.8, 4) is 29.0 Å². The molecule has 26 heavy (non-hydrogen) atoms. The van der Waals surface area contributed by atoms with Gasteiger partial charge < -0.3 is 4.74 Å². The molecule has 0 aliphatic rings. The van der Waals surface area contributed by atoms with Crippen LogP contribution in [0.25, 0.3) is 22.0 Å². The van der Waals surface area contributed by atoms with Gasteiger partial charge in [-0.15, -0.1) is 0 Å². The minimum atomic E-state index is 0.597. The summed E-state index contributed by atoms with van der Waals surface area (Å²) in [5.41, 5.74) is 3.80. The number of pyridine rings is 1. The molecule has 0 bridgehead atoms. The van der Waals surface area contributed by atoms with Gasteiger partial charge in [0.15, 0.2) is 0 Å². The molecule has 0 amide bonds. The van der Waals surface area contributed by atoms with Crippen LogP contribution in [-0.2, 0) is 0 Å². The molecule has 0 N–H and O–H groups in total. The van der Waals surface area contributed by atoms with Crippen molar-refractivity contribution in [2.45, 2.75) is 0 Å². The number of nitrogens with zero attached hydrogens (tertiary/aromatic N) is 1. The quantitative estimate of drug-likeness (QED) is 0.463. The van der Waals surface area contributed by atoms with Crippen LogP contribution in [0.4, 0.5) is 0 Å². The second-order valence-corrected chi connectivity index (χ2v) is 5.92. The Hall–Kier alpha value is -3.57. The molecule has 0 saturated carbocycles. The van der Waals surface area contributed by atoms with Crippen LogP contribution in [0.2, 0.25) is 0 Å². The van der Waals surface area contributed by atoms with Crippen molar-refractivity contribution >= 4 is 10.8 Å². The number of methoxy groups -OCH3 is 1. The van der Waals surface area contributed by atoms with E-state index in [-0.39, 0.29) is 0 Å². The summed E-state index contributed by atoms with van der Waals surface area (Å²) in [4.78, 5) is 4.53. The van der Waals surface area contributed by atoms with Crippen LogP contribution in [0.15, 0.2) is 84.9 Å². The summed E-state index contributed by atoms with van der Waals surface area (Å²) in [6.07, 6.45) is 0. The fourth-order valence-corrected chi connectivity index (χ4v) is 2.90. The highest BCUT2D eigenvalue weighted by Crippen LogP contribution is 2.23. The number of hydrogen-bond acceptors (Lipinski definition) is 2. The standard InChI is InChI=1S/C24H17NO/c1-26-24-12-6-11-23(25-24)22-10-5-4-8-20(22)16-14-18-13-15-19-7-2-3-9-21(19)17-18/h2-13,15,17H,1H3. The van der Waals surface area contributed by atoms with Gasteiger partial charge in [-0.3, -0.25) is 0 Å². The van der Waals surface area contributed by atoms with Crippen LogP contribution in [0.1, 0.15) is 11.1 Å². The zero-order valence-electron chi connectivity index (χ0n) is 14.4. The Morgan fingerprint density at radius 2 is 1.54 bits per heavy atom. The topological polar surface area (TPSA) is 22.1 Å². The molecule has 0 saturated heterocycles. The summed E-state index contributed by atoms with van der Waals surface area (Å²) < 4.78 is 5.24. The number of aromatic nitrogens is 1. The fraction of sp³-hybridized carbons (Fsp3) is 0.0417. The van der Waals surface area contributed by atoms with Crippen molar-refractivity contribution in [2.24, 2.45) is 0 Å². The van der Waals surface area contributed by atoms with Crippen molar-refractivity contribution in [2.75, 3.05) is 7.11 Å². The minimum Gasteiger partial charge on any atom is -0.481 e. The Kier molecular flexibility index (Phi) is 4.37. The largest absolute Gasteiger partial charge is 0.481 e. The molecule has 1 aromatic heterocycles. The van der Waals surface area contributed by atoms with E-state index in [1.807, 2.05) is 54.6 Å². The average molecular weight is 335 g/mol. The van der Waals surface area contributed by atoms with Crippen molar-refractivity contribution < 1.29 is 4.74 Å². The number of benzene rings is 3. The van der Waals surface area contributed by atoms with Gasteiger partial charge in [0, 0.05) is 22.8 Å². The van der Waals surface area contributed by atoms with Gasteiger partial charge in [-0.1, -0.05) is 66.4 Å². The van der Waals surface area contributed by atoms with Gasteiger partial charge in [0.25, 0.3) is 0 Å². The van der Waals surface area contributed by atoms with Crippen molar-refractivity contribution in [1.29, 1.82) is 0 Å². The first-order chi connectivity index (χ1) is 12.8. The third kappa shape index (κ3) is 3.29. The maximum atomic E-state index is 5.24. The van der Waals surface area contributed by atoms with E-state index in [1.165, 1.54) is 10.8 Å². The van der Waals surface area contributed by atoms with Crippen molar-refractivity contribution in [3.63, 3.8) is 0 Å². The van der Waals surface area contributed by atoms with Crippen LogP contribution in [0.5, 0.6) is 5.88 Å². The van der Waals surface area contributed by atoms with Crippen molar-refractivity contribution in [3.05, 3.63) is 96.1 Å². The van der Waals surface area contributed by atoms with E-state index in [0.29, 0.717) is 5.88 Å². The first-order valence-corrected chi connectivity index (χ1v) is 8.45. The Bertz CT molecular complexity index is 1140. The lowest BCUT2D eigenvalue weighted by atomic mass is 10.0. The van der Waals surface area contributed by atoms with Crippen LogP contribution < -0.4 is 4.74 Å². The SMILES string of the molecule is COc1cccc(-c2ccccc2C#Cc2ccc3ccccc3c2)n1. The molecule has 0 spiro atoms. The molecular weight excluding hydrogens is 318 g/mol. The lowest BCUT2D eigenvalue weighted by Gasteiger charge is -2.06. The van der Waals surface area contributed by atoms with E-state index in [2.05, 4.69) is 47.2 Å². The summed E-state index contributed by atoms with van der Waals surface area (Å²) in [6, 6.07) is 28.4. The van der Waals surface area contributed by atoms with Gasteiger partial charge in [0.1, 0.15) is 0 Å². The van der Waals surface area contributed by atoms with Crippen LogP contribution in [0, 0.1) is 11.8 Å². The molecule has 4 aromatic rings. The number of hydrogen-bond donors (Lipinski definition) is 0. The molecule has 0 fully saturated rings. The summed E-state index contributed by atoms with van der Waals surface area (Å²) >= 11 is 0. The Morgan fingerprint density at radius 1 is 0.731 bits per heavy atom. The maximum Gasteiger partial charge on any atom is 0.213 e. The Balaban J connectivity index is 1.74. The van der Waals surface area contributed by atoms with Crippen LogP contribution >= 0.6 is 0 Å². The number of fused-ring (bicyclic) bond motifs is 1. The van der Waals surface area contributed by atoms with E-state index >= 15 is 0 Å². The van der Waals surface area contributed by atoms with E-state index in [4.69, 9.17) is 4.74 Å². The third-order valence-electron chi connectivity index (χ3n) is 4.23. The lowest BCUT2D eigenvalue weighted by Crippen LogP contribution is -1.91. The first kappa shape index (κ1) is 15.9. The molecule has 2 nitrogen and oxygen atoms in total. The van der Waals surface area contributed by atoms with Gasteiger partial charge in [0.2, 0.25) is 5.88 Å². The predicted octanol–water partition coefficient (Wildman–Crippen LogP) is 5.31. The van der Waals surface area contributed by atoms with Crippen molar-refractivity contribution in [1.82, 2.24) is 4.98 Å². The van der Waals surface area contributed by atoms with E-state index < -0.39 is 0 Å². The van der Waals surface area contributed by atoms with E-state index in [9.17, 15) is 0 Å². The van der Waals surface area contributed by atoms with Gasteiger partial charge in [-0.25, -0.2) is 4.98 Å². The molecule has 1 heterocycles. The van der Waals surface area contributed by atoms with Gasteiger partial charge in [-0.2, -0.15) is 0 Å². The summed E-state index contributed by atoms with van der Waals surface area (Å²) in [6.45, 7) is 0. The maximum absolute atomic E-state index is 5.24. The smallest absolute Gasteiger partial charge is 0.213 e. The molecule has 0 aliphatic heterocycles. The molecule has 4 rings (SSSR count). The highest BCUT2D eigenvalue weighted by Gasteiger charge is 2.05. The normalized spacial score (nSPS) is 10.2.